The fourth-order valence-electron chi connectivity index (χ4n) is 1.31. The first kappa shape index (κ1) is 14.1. The molecule has 0 amide bonds. The van der Waals surface area contributed by atoms with E-state index >= 15 is 0 Å². The summed E-state index contributed by atoms with van der Waals surface area (Å²) in [4.78, 5) is 33.6. The maximum atomic E-state index is 11.8. The SMILES string of the molecule is COCn1ncc(Cl)c(C(C(=O)O)C(=O)O)c1=O. The molecule has 0 fully saturated rings. The summed E-state index contributed by atoms with van der Waals surface area (Å²) in [6.45, 7) is -0.241. The van der Waals surface area contributed by atoms with Crippen LogP contribution >= 0.6 is 11.6 Å². The number of hydrogen-bond acceptors (Lipinski definition) is 5. The number of carbonyl (C=O) groups is 2. The van der Waals surface area contributed by atoms with Gasteiger partial charge in [-0.1, -0.05) is 11.6 Å². The number of halogens is 1. The summed E-state index contributed by atoms with van der Waals surface area (Å²) in [5.74, 6) is -5.41. The Labute approximate surface area is 105 Å². The molecular formula is C9H9ClN2O6. The Hall–Kier alpha value is -1.93. The molecule has 8 nitrogen and oxygen atoms in total. The highest BCUT2D eigenvalue weighted by Crippen LogP contribution is 2.20. The lowest BCUT2D eigenvalue weighted by Gasteiger charge is -2.11. The van der Waals surface area contributed by atoms with Crippen molar-refractivity contribution in [1.29, 1.82) is 0 Å². The molecule has 0 saturated heterocycles. The van der Waals surface area contributed by atoms with Crippen molar-refractivity contribution in [1.82, 2.24) is 9.78 Å². The van der Waals surface area contributed by atoms with Crippen LogP contribution in [0.25, 0.3) is 0 Å². The molecule has 1 aromatic heterocycles. The second-order valence-electron chi connectivity index (χ2n) is 3.24. The highest BCUT2D eigenvalue weighted by Gasteiger charge is 2.33. The van der Waals surface area contributed by atoms with Crippen LogP contribution in [0.5, 0.6) is 0 Å². The summed E-state index contributed by atoms with van der Waals surface area (Å²) in [6.07, 6.45) is 0.996. The van der Waals surface area contributed by atoms with Crippen molar-refractivity contribution < 1.29 is 24.5 Å². The number of ether oxygens (including phenoxy) is 1. The number of aliphatic carboxylic acids is 2. The van der Waals surface area contributed by atoms with Gasteiger partial charge < -0.3 is 14.9 Å². The Bertz CT molecular complexity index is 526. The average molecular weight is 277 g/mol. The van der Waals surface area contributed by atoms with Crippen molar-refractivity contribution in [3.8, 4) is 0 Å². The second-order valence-corrected chi connectivity index (χ2v) is 3.65. The van der Waals surface area contributed by atoms with Gasteiger partial charge in [-0.05, 0) is 0 Å². The molecule has 0 bridgehead atoms. The van der Waals surface area contributed by atoms with Crippen LogP contribution in [0, 0.1) is 0 Å². The molecule has 0 unspecified atom stereocenters. The molecule has 0 radical (unpaired) electrons. The van der Waals surface area contributed by atoms with E-state index in [0.717, 1.165) is 10.9 Å². The zero-order valence-electron chi connectivity index (χ0n) is 9.16. The highest BCUT2D eigenvalue weighted by atomic mass is 35.5. The summed E-state index contributed by atoms with van der Waals surface area (Å²) in [5.41, 5.74) is -1.47. The lowest BCUT2D eigenvalue weighted by atomic mass is 10.0. The van der Waals surface area contributed by atoms with Gasteiger partial charge in [-0.2, -0.15) is 5.10 Å². The van der Waals surface area contributed by atoms with Crippen molar-refractivity contribution >= 4 is 23.5 Å². The van der Waals surface area contributed by atoms with Gasteiger partial charge in [-0.3, -0.25) is 14.4 Å². The smallest absolute Gasteiger partial charge is 0.322 e. The van der Waals surface area contributed by atoms with Crippen LogP contribution in [-0.4, -0.2) is 39.0 Å². The van der Waals surface area contributed by atoms with Gasteiger partial charge in [0.1, 0.15) is 6.73 Å². The monoisotopic (exact) mass is 276 g/mol. The van der Waals surface area contributed by atoms with E-state index in [0.29, 0.717) is 0 Å². The molecule has 9 heteroatoms. The molecule has 0 aliphatic carbocycles. The van der Waals surface area contributed by atoms with Gasteiger partial charge in [0.05, 0.1) is 16.8 Å². The largest absolute Gasteiger partial charge is 0.480 e. The fourth-order valence-corrected chi connectivity index (χ4v) is 1.55. The van der Waals surface area contributed by atoms with Gasteiger partial charge in [-0.15, -0.1) is 0 Å². The van der Waals surface area contributed by atoms with E-state index in [-0.39, 0.29) is 11.8 Å². The molecule has 0 saturated carbocycles. The van der Waals surface area contributed by atoms with E-state index in [2.05, 4.69) is 9.84 Å². The zero-order valence-corrected chi connectivity index (χ0v) is 9.92. The number of hydrogen-bond donors (Lipinski definition) is 2. The predicted molar refractivity (Wildman–Crippen MR) is 58.5 cm³/mol. The second kappa shape index (κ2) is 5.61. The Balaban J connectivity index is 3.47. The van der Waals surface area contributed by atoms with Crippen LogP contribution in [0.15, 0.2) is 11.0 Å². The van der Waals surface area contributed by atoms with Crippen molar-refractivity contribution in [2.24, 2.45) is 0 Å². The van der Waals surface area contributed by atoms with Crippen molar-refractivity contribution in [2.45, 2.75) is 12.6 Å². The molecule has 2 N–H and O–H groups in total. The van der Waals surface area contributed by atoms with Gasteiger partial charge in [0.15, 0.2) is 5.92 Å². The molecule has 0 atom stereocenters. The topological polar surface area (TPSA) is 119 Å². The Morgan fingerprint density at radius 1 is 1.50 bits per heavy atom. The fraction of sp³-hybridized carbons (Fsp3) is 0.333. The minimum atomic E-state index is -2.05. The van der Waals surface area contributed by atoms with Crippen molar-refractivity contribution in [2.75, 3.05) is 7.11 Å². The number of carboxylic acids is 2. The lowest BCUT2D eigenvalue weighted by Crippen LogP contribution is -2.33. The quantitative estimate of drug-likeness (QED) is 0.712. The molecule has 0 aromatic carbocycles. The van der Waals surface area contributed by atoms with Gasteiger partial charge in [0.25, 0.3) is 5.56 Å². The first-order chi connectivity index (χ1) is 8.40. The van der Waals surface area contributed by atoms with Crippen LogP contribution in [0.2, 0.25) is 5.02 Å². The maximum absolute atomic E-state index is 11.8. The minimum absolute atomic E-state index is 0.241. The third kappa shape index (κ3) is 2.66. The molecule has 0 aliphatic heterocycles. The molecule has 1 heterocycles. The van der Waals surface area contributed by atoms with Crippen molar-refractivity contribution in [3.05, 3.63) is 27.1 Å². The molecule has 0 aliphatic rings. The number of nitrogens with zero attached hydrogens (tertiary/aromatic N) is 2. The number of methoxy groups -OCH3 is 1. The average Bonchev–Trinajstić information content (AvgIpc) is 2.27. The molecule has 18 heavy (non-hydrogen) atoms. The number of carboxylic acid groups (broad SMARTS) is 2. The van der Waals surface area contributed by atoms with Crippen LogP contribution in [0.4, 0.5) is 0 Å². The summed E-state index contributed by atoms with van der Waals surface area (Å²) in [7, 11) is 1.30. The predicted octanol–water partition coefficient (Wildman–Crippen LogP) is -0.247. The summed E-state index contributed by atoms with van der Waals surface area (Å²) >= 11 is 5.64. The summed E-state index contributed by atoms with van der Waals surface area (Å²) in [6, 6.07) is 0. The molecular weight excluding hydrogens is 268 g/mol. The van der Waals surface area contributed by atoms with Crippen LogP contribution in [0.1, 0.15) is 11.5 Å². The van der Waals surface area contributed by atoms with Gasteiger partial charge in [0, 0.05) is 7.11 Å². The standard InChI is InChI=1S/C9H9ClN2O6/c1-18-3-12-7(13)5(4(10)2-11-12)6(8(14)15)9(16)17/h2,6H,3H2,1H3,(H,14,15)(H,16,17). The molecule has 0 spiro atoms. The van der Waals surface area contributed by atoms with Crippen molar-refractivity contribution in [3.63, 3.8) is 0 Å². The van der Waals surface area contributed by atoms with E-state index < -0.39 is 29.0 Å². The lowest BCUT2D eigenvalue weighted by molar-refractivity contribution is -0.150. The Kier molecular flexibility index (Phi) is 4.40. The third-order valence-corrected chi connectivity index (χ3v) is 2.37. The number of aromatic nitrogens is 2. The van der Waals surface area contributed by atoms with E-state index in [4.69, 9.17) is 21.8 Å². The number of rotatable bonds is 5. The van der Waals surface area contributed by atoms with Crippen LogP contribution < -0.4 is 5.56 Å². The highest BCUT2D eigenvalue weighted by molar-refractivity contribution is 6.31. The Morgan fingerprint density at radius 2 is 2.06 bits per heavy atom. The van der Waals surface area contributed by atoms with Gasteiger partial charge in [0.2, 0.25) is 0 Å². The van der Waals surface area contributed by atoms with E-state index in [1.807, 2.05) is 0 Å². The van der Waals surface area contributed by atoms with E-state index in [9.17, 15) is 14.4 Å². The molecule has 1 aromatic rings. The Morgan fingerprint density at radius 3 is 2.50 bits per heavy atom. The van der Waals surface area contributed by atoms with Crippen LogP contribution in [-0.2, 0) is 21.1 Å². The van der Waals surface area contributed by atoms with E-state index in [1.165, 1.54) is 7.11 Å². The summed E-state index contributed by atoms with van der Waals surface area (Å²) in [5, 5.41) is 20.9. The molecule has 1 rings (SSSR count). The third-order valence-electron chi connectivity index (χ3n) is 2.07. The van der Waals surface area contributed by atoms with Gasteiger partial charge >= 0.3 is 11.9 Å². The zero-order chi connectivity index (χ0) is 13.9. The minimum Gasteiger partial charge on any atom is -0.480 e. The first-order valence-electron chi connectivity index (χ1n) is 4.60. The normalized spacial score (nSPS) is 10.6. The first-order valence-corrected chi connectivity index (χ1v) is 4.98. The maximum Gasteiger partial charge on any atom is 0.322 e. The van der Waals surface area contributed by atoms with Gasteiger partial charge in [-0.25, -0.2) is 4.68 Å². The van der Waals surface area contributed by atoms with E-state index in [1.54, 1.807) is 0 Å². The summed E-state index contributed by atoms with van der Waals surface area (Å²) < 4.78 is 5.44. The van der Waals surface area contributed by atoms with Crippen LogP contribution in [0.3, 0.4) is 0 Å². The molecule has 98 valence electrons.